The van der Waals surface area contributed by atoms with Crippen LogP contribution in [0.15, 0.2) is 4.99 Å². The normalized spacial score (nSPS) is 19.4. The van der Waals surface area contributed by atoms with Gasteiger partial charge in [0.1, 0.15) is 0 Å². The molecule has 1 saturated heterocycles. The van der Waals surface area contributed by atoms with E-state index in [9.17, 15) is 0 Å². The van der Waals surface area contributed by atoms with Crippen molar-refractivity contribution < 1.29 is 4.74 Å². The Labute approximate surface area is 155 Å². The van der Waals surface area contributed by atoms with E-state index < -0.39 is 0 Å². The van der Waals surface area contributed by atoms with Gasteiger partial charge in [-0.2, -0.15) is 0 Å². The number of nitrogens with one attached hydrogen (secondary N) is 2. The third-order valence-electron chi connectivity index (χ3n) is 4.84. The van der Waals surface area contributed by atoms with Crippen LogP contribution < -0.4 is 10.6 Å². The number of hydrogen-bond donors (Lipinski definition) is 2. The van der Waals surface area contributed by atoms with Crippen LogP contribution in [-0.4, -0.2) is 88.4 Å². The molecule has 1 rings (SSSR count). The van der Waals surface area contributed by atoms with Gasteiger partial charge in [-0.25, -0.2) is 0 Å². The van der Waals surface area contributed by atoms with Crippen molar-refractivity contribution >= 4 is 5.96 Å². The van der Waals surface area contributed by atoms with Gasteiger partial charge in [0.15, 0.2) is 5.96 Å². The van der Waals surface area contributed by atoms with Crippen LogP contribution in [0.2, 0.25) is 0 Å². The first-order chi connectivity index (χ1) is 12.2. The zero-order chi connectivity index (χ0) is 18.3. The van der Waals surface area contributed by atoms with Crippen molar-refractivity contribution in [2.45, 2.75) is 52.0 Å². The quantitative estimate of drug-likeness (QED) is 0.317. The third kappa shape index (κ3) is 10.7. The molecule has 1 fully saturated rings. The number of guanidine groups is 1. The molecule has 0 aromatic carbocycles. The Morgan fingerprint density at radius 1 is 1.24 bits per heavy atom. The molecular formula is C19H41N5O. The second-order valence-corrected chi connectivity index (χ2v) is 7.07. The number of likely N-dealkylation sites (tertiary alicyclic amines) is 1. The maximum absolute atomic E-state index is 5.10. The van der Waals surface area contributed by atoms with Crippen LogP contribution >= 0.6 is 0 Å². The highest BCUT2D eigenvalue weighted by atomic mass is 16.5. The maximum Gasteiger partial charge on any atom is 0.191 e. The lowest BCUT2D eigenvalue weighted by Gasteiger charge is -2.33. The summed E-state index contributed by atoms with van der Waals surface area (Å²) in [5.41, 5.74) is 0. The molecule has 6 nitrogen and oxygen atoms in total. The molecule has 1 atom stereocenters. The fraction of sp³-hybridized carbons (Fsp3) is 0.947. The summed E-state index contributed by atoms with van der Waals surface area (Å²) in [5.74, 6) is 0.953. The van der Waals surface area contributed by atoms with Crippen molar-refractivity contribution in [3.8, 4) is 0 Å². The van der Waals surface area contributed by atoms with E-state index in [2.05, 4.69) is 46.3 Å². The number of methoxy groups -OCH3 is 1. The number of likely N-dealkylation sites (N-methyl/N-ethyl adjacent to an activating group) is 1. The van der Waals surface area contributed by atoms with Crippen molar-refractivity contribution in [2.24, 2.45) is 4.99 Å². The van der Waals surface area contributed by atoms with E-state index in [0.29, 0.717) is 0 Å². The summed E-state index contributed by atoms with van der Waals surface area (Å²) in [6.45, 7) is 12.5. The zero-order valence-electron chi connectivity index (χ0n) is 17.0. The first-order valence-electron chi connectivity index (χ1n) is 10.1. The van der Waals surface area contributed by atoms with Gasteiger partial charge in [-0.05, 0) is 59.7 Å². The molecule has 0 spiro atoms. The van der Waals surface area contributed by atoms with Crippen LogP contribution in [0.5, 0.6) is 0 Å². The number of nitrogens with zero attached hydrogens (tertiary/aromatic N) is 3. The lowest BCUT2D eigenvalue weighted by atomic mass is 10.0. The largest absolute Gasteiger partial charge is 0.383 e. The van der Waals surface area contributed by atoms with Gasteiger partial charge in [0.05, 0.1) is 6.61 Å². The minimum atomic E-state index is 0.755. The molecule has 6 heteroatoms. The summed E-state index contributed by atoms with van der Waals surface area (Å²) < 4.78 is 5.10. The standard InChI is InChI=1S/C19H41N5O/c1-5-20-19(21-11-8-13-23(3)16-17-25-4)22-12-9-15-24-14-7-6-10-18(24)2/h18H,5-17H2,1-4H3,(H2,20,21,22). The highest BCUT2D eigenvalue weighted by Gasteiger charge is 2.17. The Balaban J connectivity index is 2.17. The fourth-order valence-corrected chi connectivity index (χ4v) is 3.21. The van der Waals surface area contributed by atoms with Crippen LogP contribution in [0.3, 0.4) is 0 Å². The topological polar surface area (TPSA) is 52.1 Å². The molecule has 0 aromatic heterocycles. The predicted molar refractivity (Wildman–Crippen MR) is 107 cm³/mol. The van der Waals surface area contributed by atoms with Gasteiger partial charge in [0.2, 0.25) is 0 Å². The van der Waals surface area contributed by atoms with Crippen molar-refractivity contribution in [1.82, 2.24) is 20.4 Å². The van der Waals surface area contributed by atoms with Crippen molar-refractivity contribution in [3.05, 3.63) is 0 Å². The number of hydrogen-bond acceptors (Lipinski definition) is 4. The van der Waals surface area contributed by atoms with Gasteiger partial charge in [0, 0.05) is 45.9 Å². The van der Waals surface area contributed by atoms with Crippen LogP contribution in [0, 0.1) is 0 Å². The molecule has 1 aliphatic rings. The van der Waals surface area contributed by atoms with E-state index in [4.69, 9.17) is 4.74 Å². The van der Waals surface area contributed by atoms with E-state index in [1.165, 1.54) is 38.8 Å². The molecule has 0 amide bonds. The summed E-state index contributed by atoms with van der Waals surface area (Å²) in [4.78, 5) is 9.61. The van der Waals surface area contributed by atoms with Crippen LogP contribution in [0.1, 0.15) is 46.0 Å². The van der Waals surface area contributed by atoms with Crippen molar-refractivity contribution in [1.29, 1.82) is 0 Å². The van der Waals surface area contributed by atoms with Crippen molar-refractivity contribution in [2.75, 3.05) is 66.6 Å². The lowest BCUT2D eigenvalue weighted by molar-refractivity contribution is 0.159. The molecule has 0 aliphatic carbocycles. The Hall–Kier alpha value is -0.850. The average molecular weight is 356 g/mol. The average Bonchev–Trinajstić information content (AvgIpc) is 2.61. The highest BCUT2D eigenvalue weighted by molar-refractivity contribution is 5.79. The number of aliphatic imine (C=N–C) groups is 1. The van der Waals surface area contributed by atoms with Gasteiger partial charge in [0.25, 0.3) is 0 Å². The van der Waals surface area contributed by atoms with E-state index >= 15 is 0 Å². The monoisotopic (exact) mass is 355 g/mol. The molecule has 1 heterocycles. The molecule has 25 heavy (non-hydrogen) atoms. The molecule has 0 bridgehead atoms. The minimum absolute atomic E-state index is 0.755. The third-order valence-corrected chi connectivity index (χ3v) is 4.84. The lowest BCUT2D eigenvalue weighted by Crippen LogP contribution is -2.41. The van der Waals surface area contributed by atoms with Crippen LogP contribution in [0.25, 0.3) is 0 Å². The van der Waals surface area contributed by atoms with Gasteiger partial charge >= 0.3 is 0 Å². The maximum atomic E-state index is 5.10. The first kappa shape index (κ1) is 22.2. The molecule has 148 valence electrons. The van der Waals surface area contributed by atoms with Crippen LogP contribution in [0.4, 0.5) is 0 Å². The fourth-order valence-electron chi connectivity index (χ4n) is 3.21. The van der Waals surface area contributed by atoms with E-state index in [1.807, 2.05) is 0 Å². The molecule has 1 unspecified atom stereocenters. The molecule has 0 radical (unpaired) electrons. The van der Waals surface area contributed by atoms with E-state index in [0.717, 1.165) is 57.8 Å². The Morgan fingerprint density at radius 3 is 2.80 bits per heavy atom. The van der Waals surface area contributed by atoms with Gasteiger partial charge in [-0.15, -0.1) is 0 Å². The zero-order valence-corrected chi connectivity index (χ0v) is 17.0. The minimum Gasteiger partial charge on any atom is -0.383 e. The molecule has 2 N–H and O–H groups in total. The Kier molecular flexibility index (Phi) is 12.7. The second-order valence-electron chi connectivity index (χ2n) is 7.07. The Morgan fingerprint density at radius 2 is 2.08 bits per heavy atom. The number of ether oxygens (including phenoxy) is 1. The number of piperidine rings is 1. The molecular weight excluding hydrogens is 314 g/mol. The Bertz CT molecular complexity index is 351. The summed E-state index contributed by atoms with van der Waals surface area (Å²) in [5, 5.41) is 6.82. The van der Waals surface area contributed by atoms with Crippen molar-refractivity contribution in [3.63, 3.8) is 0 Å². The summed E-state index contributed by atoms with van der Waals surface area (Å²) in [7, 11) is 3.88. The number of rotatable bonds is 12. The summed E-state index contributed by atoms with van der Waals surface area (Å²) in [6.07, 6.45) is 6.36. The molecule has 0 aromatic rings. The van der Waals surface area contributed by atoms with Gasteiger partial charge in [-0.1, -0.05) is 6.42 Å². The SMILES string of the molecule is CCNC(=NCCCN(C)CCOC)NCCCN1CCCCC1C. The van der Waals surface area contributed by atoms with Gasteiger partial charge < -0.3 is 25.2 Å². The molecule has 1 aliphatic heterocycles. The van der Waals surface area contributed by atoms with E-state index in [-0.39, 0.29) is 0 Å². The summed E-state index contributed by atoms with van der Waals surface area (Å²) >= 11 is 0. The van der Waals surface area contributed by atoms with Gasteiger partial charge in [-0.3, -0.25) is 4.99 Å². The smallest absolute Gasteiger partial charge is 0.191 e. The first-order valence-corrected chi connectivity index (χ1v) is 10.1. The van der Waals surface area contributed by atoms with Crippen LogP contribution in [-0.2, 0) is 4.74 Å². The second kappa shape index (κ2) is 14.3. The molecule has 0 saturated carbocycles. The predicted octanol–water partition coefficient (Wildman–Crippen LogP) is 1.77. The summed E-state index contributed by atoms with van der Waals surface area (Å²) in [6, 6.07) is 0.755. The highest BCUT2D eigenvalue weighted by Crippen LogP contribution is 2.15. The van der Waals surface area contributed by atoms with E-state index in [1.54, 1.807) is 7.11 Å².